The number of hydrogen-bond donors (Lipinski definition) is 1. The molecule has 1 N–H and O–H groups in total. The van der Waals surface area contributed by atoms with Gasteiger partial charge in [-0.2, -0.15) is 8.42 Å². The lowest BCUT2D eigenvalue weighted by atomic mass is 10.0. The molecule has 2 aromatic carbocycles. The number of nitrogens with zero attached hydrogens (tertiary/aromatic N) is 3. The highest BCUT2D eigenvalue weighted by Gasteiger charge is 2.25. The summed E-state index contributed by atoms with van der Waals surface area (Å²) in [4.78, 5) is 4.73. The molecule has 134 valence electrons. The van der Waals surface area contributed by atoms with E-state index < -0.39 is 10.4 Å². The van der Waals surface area contributed by atoms with Crippen LogP contribution >= 0.6 is 11.6 Å². The van der Waals surface area contributed by atoms with Crippen LogP contribution in [0.5, 0.6) is 0 Å². The van der Waals surface area contributed by atoms with Gasteiger partial charge in [-0.1, -0.05) is 41.0 Å². The minimum atomic E-state index is -4.66. The highest BCUT2D eigenvalue weighted by Crippen LogP contribution is 2.35. The number of oxime groups is 1. The van der Waals surface area contributed by atoms with E-state index in [1.54, 1.807) is 12.1 Å². The predicted molar refractivity (Wildman–Crippen MR) is 98.7 cm³/mol. The van der Waals surface area contributed by atoms with Gasteiger partial charge in [0.2, 0.25) is 0 Å². The zero-order chi connectivity index (χ0) is 18.5. The minimum absolute atomic E-state index is 0.410. The highest BCUT2D eigenvalue weighted by molar-refractivity contribution is 7.80. The Balaban J connectivity index is 1.96. The van der Waals surface area contributed by atoms with E-state index in [0.717, 1.165) is 22.5 Å². The fourth-order valence-corrected chi connectivity index (χ4v) is 3.60. The third-order valence-corrected chi connectivity index (χ3v) is 4.92. The standard InChI is InChI=1S/C17H14ClN3O4S/c1-10-4-2-3-5-11(10)17-19-15-13(18)7-6-12-14(20-25-26(22,23)24)8-9-21(17)16(12)15/h2-7H,8-9H2,1H3,(H,22,23,24)/b20-14+. The maximum atomic E-state index is 10.8. The van der Waals surface area contributed by atoms with Gasteiger partial charge >= 0.3 is 10.4 Å². The number of hydrogen-bond acceptors (Lipinski definition) is 5. The monoisotopic (exact) mass is 391 g/mol. The quantitative estimate of drug-likeness (QED) is 0.544. The summed E-state index contributed by atoms with van der Waals surface area (Å²) in [7, 11) is -4.66. The number of rotatable bonds is 3. The first-order valence-corrected chi connectivity index (χ1v) is 9.57. The van der Waals surface area contributed by atoms with Crippen LogP contribution in [0.25, 0.3) is 22.4 Å². The van der Waals surface area contributed by atoms with E-state index in [1.807, 2.05) is 35.8 Å². The summed E-state index contributed by atoms with van der Waals surface area (Å²) >= 11 is 6.34. The lowest BCUT2D eigenvalue weighted by Gasteiger charge is -2.18. The Morgan fingerprint density at radius 3 is 2.73 bits per heavy atom. The molecule has 0 unspecified atom stereocenters. The Kier molecular flexibility index (Phi) is 3.98. The second-order valence-electron chi connectivity index (χ2n) is 5.98. The summed E-state index contributed by atoms with van der Waals surface area (Å²) in [6.45, 7) is 2.54. The zero-order valence-electron chi connectivity index (χ0n) is 13.7. The Hall–Kier alpha value is -2.42. The summed E-state index contributed by atoms with van der Waals surface area (Å²) in [5, 5.41) is 4.10. The van der Waals surface area contributed by atoms with Crippen molar-refractivity contribution in [2.24, 2.45) is 5.16 Å². The topological polar surface area (TPSA) is 93.8 Å². The SMILES string of the molecule is Cc1ccccc1-c1nc2c(Cl)ccc3c2n1CC/C3=N\OS(=O)(=O)O. The van der Waals surface area contributed by atoms with Crippen LogP contribution < -0.4 is 0 Å². The zero-order valence-corrected chi connectivity index (χ0v) is 15.3. The van der Waals surface area contributed by atoms with Crippen molar-refractivity contribution in [3.63, 3.8) is 0 Å². The van der Waals surface area contributed by atoms with E-state index in [2.05, 4.69) is 9.44 Å². The Labute approximate surface area is 154 Å². The first-order chi connectivity index (χ1) is 12.3. The van der Waals surface area contributed by atoms with Crippen LogP contribution in [0.4, 0.5) is 0 Å². The molecule has 7 nitrogen and oxygen atoms in total. The molecule has 1 aliphatic heterocycles. The molecule has 0 aliphatic carbocycles. The van der Waals surface area contributed by atoms with Gasteiger partial charge in [-0.15, -0.1) is 0 Å². The number of aryl methyl sites for hydroxylation is 2. The van der Waals surface area contributed by atoms with Gasteiger partial charge in [0, 0.05) is 24.1 Å². The van der Waals surface area contributed by atoms with Crippen LogP contribution in [0.1, 0.15) is 17.5 Å². The summed E-state index contributed by atoms with van der Waals surface area (Å²) in [5.41, 5.74) is 4.55. The van der Waals surface area contributed by atoms with Crippen molar-refractivity contribution in [3.05, 3.63) is 52.5 Å². The van der Waals surface area contributed by atoms with Crippen molar-refractivity contribution < 1.29 is 17.3 Å². The molecular weight excluding hydrogens is 378 g/mol. The number of imidazole rings is 1. The van der Waals surface area contributed by atoms with Gasteiger partial charge in [-0.25, -0.2) is 9.27 Å². The van der Waals surface area contributed by atoms with Gasteiger partial charge < -0.3 is 4.57 Å². The molecule has 0 saturated heterocycles. The maximum Gasteiger partial charge on any atom is 0.466 e. The summed E-state index contributed by atoms with van der Waals surface area (Å²) in [5.74, 6) is 0.794. The summed E-state index contributed by atoms with van der Waals surface area (Å²) in [6.07, 6.45) is 0.425. The third kappa shape index (κ3) is 2.86. The van der Waals surface area contributed by atoms with Crippen LogP contribution in [0, 0.1) is 6.92 Å². The molecule has 0 radical (unpaired) electrons. The largest absolute Gasteiger partial charge is 0.466 e. The van der Waals surface area contributed by atoms with Gasteiger partial charge in [0.15, 0.2) is 0 Å². The smallest absolute Gasteiger partial charge is 0.323 e. The molecule has 2 heterocycles. The minimum Gasteiger partial charge on any atom is -0.323 e. The van der Waals surface area contributed by atoms with Crippen molar-refractivity contribution in [2.45, 2.75) is 19.9 Å². The van der Waals surface area contributed by atoms with E-state index in [0.29, 0.717) is 34.8 Å². The molecule has 3 aromatic rings. The molecule has 0 fully saturated rings. The van der Waals surface area contributed by atoms with Crippen LogP contribution in [-0.2, 0) is 21.2 Å². The molecule has 4 rings (SSSR count). The molecular formula is C17H14ClN3O4S. The number of aromatic nitrogens is 2. The number of halogens is 1. The van der Waals surface area contributed by atoms with E-state index in [-0.39, 0.29) is 0 Å². The average Bonchev–Trinajstić information content (AvgIpc) is 2.97. The van der Waals surface area contributed by atoms with Crippen LogP contribution in [0.3, 0.4) is 0 Å². The third-order valence-electron chi connectivity index (χ3n) is 4.36. The molecule has 1 aromatic heterocycles. The van der Waals surface area contributed by atoms with Crippen molar-refractivity contribution in [1.29, 1.82) is 0 Å². The van der Waals surface area contributed by atoms with E-state index in [9.17, 15) is 8.42 Å². The number of benzene rings is 2. The Bertz CT molecular complexity index is 1170. The Morgan fingerprint density at radius 2 is 2.00 bits per heavy atom. The second kappa shape index (κ2) is 6.08. The van der Waals surface area contributed by atoms with Gasteiger partial charge in [0.25, 0.3) is 0 Å². The summed E-state index contributed by atoms with van der Waals surface area (Å²) in [6, 6.07) is 11.4. The molecule has 0 saturated carbocycles. The lowest BCUT2D eigenvalue weighted by Crippen LogP contribution is -2.17. The normalized spacial score (nSPS) is 15.6. The predicted octanol–water partition coefficient (Wildman–Crippen LogP) is 3.59. The fourth-order valence-electron chi connectivity index (χ4n) is 3.23. The van der Waals surface area contributed by atoms with Gasteiger partial charge in [0.1, 0.15) is 11.3 Å². The molecule has 9 heteroatoms. The molecule has 26 heavy (non-hydrogen) atoms. The van der Waals surface area contributed by atoms with Crippen LogP contribution in [-0.4, -0.2) is 28.2 Å². The van der Waals surface area contributed by atoms with Gasteiger partial charge in [0.05, 0.1) is 16.3 Å². The average molecular weight is 392 g/mol. The van der Waals surface area contributed by atoms with Crippen LogP contribution in [0.15, 0.2) is 41.6 Å². The highest BCUT2D eigenvalue weighted by atomic mass is 35.5. The van der Waals surface area contributed by atoms with Gasteiger partial charge in [-0.3, -0.25) is 4.55 Å². The van der Waals surface area contributed by atoms with Gasteiger partial charge in [-0.05, 0) is 24.6 Å². The van der Waals surface area contributed by atoms with E-state index >= 15 is 0 Å². The van der Waals surface area contributed by atoms with E-state index in [1.165, 1.54) is 0 Å². The molecule has 0 bridgehead atoms. The van der Waals surface area contributed by atoms with E-state index in [4.69, 9.17) is 21.1 Å². The van der Waals surface area contributed by atoms with Crippen LogP contribution in [0.2, 0.25) is 5.02 Å². The van der Waals surface area contributed by atoms with Crippen molar-refractivity contribution in [1.82, 2.24) is 9.55 Å². The fraction of sp³-hybridized carbons (Fsp3) is 0.176. The maximum absolute atomic E-state index is 10.8. The first-order valence-electron chi connectivity index (χ1n) is 7.83. The molecule has 1 aliphatic rings. The first kappa shape index (κ1) is 17.0. The second-order valence-corrected chi connectivity index (χ2v) is 7.40. The molecule has 0 spiro atoms. The Morgan fingerprint density at radius 1 is 1.23 bits per heavy atom. The van der Waals surface area contributed by atoms with Crippen molar-refractivity contribution in [2.75, 3.05) is 0 Å². The molecule has 0 amide bonds. The van der Waals surface area contributed by atoms with Crippen molar-refractivity contribution in [3.8, 4) is 11.4 Å². The van der Waals surface area contributed by atoms with Crippen molar-refractivity contribution >= 4 is 38.7 Å². The summed E-state index contributed by atoms with van der Waals surface area (Å²) < 4.78 is 36.7. The lowest BCUT2D eigenvalue weighted by molar-refractivity contribution is 0.281. The molecule has 0 atom stereocenters.